The van der Waals surface area contributed by atoms with Crippen molar-refractivity contribution >= 4 is 5.82 Å². The molecule has 3 rings (SSSR count). The van der Waals surface area contributed by atoms with Crippen LogP contribution < -0.4 is 10.5 Å². The molecule has 19 heavy (non-hydrogen) atoms. The lowest BCUT2D eigenvalue weighted by molar-refractivity contribution is 0.397. The van der Waals surface area contributed by atoms with Crippen molar-refractivity contribution in [2.24, 2.45) is 5.92 Å². The molecule has 1 aromatic carbocycles. The lowest BCUT2D eigenvalue weighted by atomic mass is 10.0. The first-order chi connectivity index (χ1) is 9.20. The molecule has 0 saturated heterocycles. The number of hydrogen-bond donors (Lipinski definition) is 1. The van der Waals surface area contributed by atoms with Gasteiger partial charge < -0.3 is 15.0 Å². The van der Waals surface area contributed by atoms with Crippen molar-refractivity contribution < 1.29 is 4.74 Å². The third-order valence-corrected chi connectivity index (χ3v) is 3.80. The molecule has 100 valence electrons. The zero-order chi connectivity index (χ0) is 13.4. The smallest absolute Gasteiger partial charge is 0.131 e. The Kier molecular flexibility index (Phi) is 2.93. The molecule has 0 spiro atoms. The number of ether oxygens (including phenoxy) is 1. The van der Waals surface area contributed by atoms with Gasteiger partial charge in [-0.05, 0) is 24.5 Å². The maximum absolute atomic E-state index is 6.29. The van der Waals surface area contributed by atoms with E-state index in [1.54, 1.807) is 7.11 Å². The minimum Gasteiger partial charge on any atom is -0.496 e. The van der Waals surface area contributed by atoms with E-state index >= 15 is 0 Å². The number of methoxy groups -OCH3 is 1. The van der Waals surface area contributed by atoms with Crippen molar-refractivity contribution in [3.63, 3.8) is 0 Å². The SMILES string of the molecule is COc1ccccc1-c1nc2n(c1N)CC(C)CC2. The highest BCUT2D eigenvalue weighted by Gasteiger charge is 2.23. The summed E-state index contributed by atoms with van der Waals surface area (Å²) in [5.41, 5.74) is 8.11. The van der Waals surface area contributed by atoms with Crippen molar-refractivity contribution in [1.82, 2.24) is 9.55 Å². The van der Waals surface area contributed by atoms with E-state index in [2.05, 4.69) is 11.5 Å². The average molecular weight is 257 g/mol. The van der Waals surface area contributed by atoms with Gasteiger partial charge in [0, 0.05) is 18.5 Å². The van der Waals surface area contributed by atoms with Crippen LogP contribution in [0.25, 0.3) is 11.3 Å². The van der Waals surface area contributed by atoms with Crippen molar-refractivity contribution in [1.29, 1.82) is 0 Å². The highest BCUT2D eigenvalue weighted by atomic mass is 16.5. The van der Waals surface area contributed by atoms with E-state index in [1.165, 1.54) is 6.42 Å². The van der Waals surface area contributed by atoms with Crippen molar-refractivity contribution in [2.45, 2.75) is 26.3 Å². The van der Waals surface area contributed by atoms with E-state index in [9.17, 15) is 0 Å². The van der Waals surface area contributed by atoms with Crippen LogP contribution in [0.4, 0.5) is 5.82 Å². The van der Waals surface area contributed by atoms with Gasteiger partial charge in [-0.2, -0.15) is 0 Å². The molecule has 0 radical (unpaired) electrons. The largest absolute Gasteiger partial charge is 0.496 e. The third kappa shape index (κ3) is 1.97. The number of para-hydroxylation sites is 1. The molecule has 1 aliphatic rings. The number of benzene rings is 1. The van der Waals surface area contributed by atoms with Gasteiger partial charge in [-0.3, -0.25) is 0 Å². The van der Waals surface area contributed by atoms with Gasteiger partial charge in [0.25, 0.3) is 0 Å². The van der Waals surface area contributed by atoms with Crippen molar-refractivity contribution in [2.75, 3.05) is 12.8 Å². The molecule has 4 nitrogen and oxygen atoms in total. The van der Waals surface area contributed by atoms with E-state index in [0.29, 0.717) is 5.92 Å². The minimum atomic E-state index is 0.662. The van der Waals surface area contributed by atoms with Gasteiger partial charge in [-0.25, -0.2) is 4.98 Å². The predicted molar refractivity (Wildman–Crippen MR) is 76.1 cm³/mol. The molecule has 2 heterocycles. The summed E-state index contributed by atoms with van der Waals surface area (Å²) in [4.78, 5) is 4.72. The number of fused-ring (bicyclic) bond motifs is 1. The second-order valence-corrected chi connectivity index (χ2v) is 5.22. The summed E-state index contributed by atoms with van der Waals surface area (Å²) in [6, 6.07) is 7.89. The van der Waals surface area contributed by atoms with E-state index in [-0.39, 0.29) is 0 Å². The second-order valence-electron chi connectivity index (χ2n) is 5.22. The van der Waals surface area contributed by atoms with Gasteiger partial charge >= 0.3 is 0 Å². The van der Waals surface area contributed by atoms with E-state index in [0.717, 1.165) is 41.6 Å². The molecule has 0 bridgehead atoms. The third-order valence-electron chi connectivity index (χ3n) is 3.80. The lowest BCUT2D eigenvalue weighted by Gasteiger charge is -2.20. The average Bonchev–Trinajstić information content (AvgIpc) is 2.76. The second kappa shape index (κ2) is 4.61. The first-order valence-electron chi connectivity index (χ1n) is 6.69. The summed E-state index contributed by atoms with van der Waals surface area (Å²) in [5, 5.41) is 0. The molecule has 1 unspecified atom stereocenters. The number of nitrogens with two attached hydrogens (primary N) is 1. The minimum absolute atomic E-state index is 0.662. The number of nitrogen functional groups attached to an aromatic ring is 1. The standard InChI is InChI=1S/C15H19N3O/c1-10-7-8-13-17-14(15(16)18(13)9-10)11-5-3-4-6-12(11)19-2/h3-6,10H,7-9,16H2,1-2H3. The summed E-state index contributed by atoms with van der Waals surface area (Å²) >= 11 is 0. The highest BCUT2D eigenvalue weighted by Crippen LogP contribution is 2.35. The Bertz CT molecular complexity index is 603. The van der Waals surface area contributed by atoms with Crippen LogP contribution in [0.2, 0.25) is 0 Å². The van der Waals surface area contributed by atoms with Crippen molar-refractivity contribution in [3.8, 4) is 17.0 Å². The summed E-state index contributed by atoms with van der Waals surface area (Å²) in [5.74, 6) is 3.33. The zero-order valence-corrected chi connectivity index (χ0v) is 11.4. The number of nitrogens with zero attached hydrogens (tertiary/aromatic N) is 2. The summed E-state index contributed by atoms with van der Waals surface area (Å²) in [6.45, 7) is 3.22. The molecule has 0 amide bonds. The van der Waals surface area contributed by atoms with E-state index < -0.39 is 0 Å². The molecule has 1 aliphatic heterocycles. The molecule has 0 saturated carbocycles. The Morgan fingerprint density at radius 3 is 2.95 bits per heavy atom. The first-order valence-corrected chi connectivity index (χ1v) is 6.69. The van der Waals surface area contributed by atoms with Gasteiger partial charge in [-0.1, -0.05) is 19.1 Å². The van der Waals surface area contributed by atoms with Gasteiger partial charge in [0.2, 0.25) is 0 Å². The number of imidazole rings is 1. The number of hydrogen-bond acceptors (Lipinski definition) is 3. The highest BCUT2D eigenvalue weighted by molar-refractivity contribution is 5.76. The van der Waals surface area contributed by atoms with Crippen LogP contribution in [0.3, 0.4) is 0 Å². The van der Waals surface area contributed by atoms with Crippen LogP contribution in [-0.4, -0.2) is 16.7 Å². The van der Waals surface area contributed by atoms with Crippen LogP contribution >= 0.6 is 0 Å². The molecular weight excluding hydrogens is 238 g/mol. The fraction of sp³-hybridized carbons (Fsp3) is 0.400. The summed E-state index contributed by atoms with van der Waals surface area (Å²) < 4.78 is 7.55. The van der Waals surface area contributed by atoms with Crippen LogP contribution in [0.1, 0.15) is 19.2 Å². The lowest BCUT2D eigenvalue weighted by Crippen LogP contribution is -2.19. The van der Waals surface area contributed by atoms with Gasteiger partial charge in [0.15, 0.2) is 0 Å². The molecule has 2 N–H and O–H groups in total. The Labute approximate surface area is 113 Å². The molecule has 2 aromatic rings. The van der Waals surface area contributed by atoms with E-state index in [1.807, 2.05) is 24.3 Å². The molecular formula is C15H19N3O. The van der Waals surface area contributed by atoms with Gasteiger partial charge in [0.05, 0.1) is 7.11 Å². The Morgan fingerprint density at radius 2 is 2.16 bits per heavy atom. The zero-order valence-electron chi connectivity index (χ0n) is 11.4. The maximum Gasteiger partial charge on any atom is 0.131 e. The molecule has 4 heteroatoms. The number of aryl methyl sites for hydroxylation is 1. The van der Waals surface area contributed by atoms with Gasteiger partial charge in [0.1, 0.15) is 23.1 Å². The monoisotopic (exact) mass is 257 g/mol. The number of rotatable bonds is 2. The van der Waals surface area contributed by atoms with Crippen LogP contribution in [0.5, 0.6) is 5.75 Å². The topological polar surface area (TPSA) is 53.1 Å². The molecule has 0 fully saturated rings. The number of anilines is 1. The molecule has 1 atom stereocenters. The Morgan fingerprint density at radius 1 is 1.37 bits per heavy atom. The van der Waals surface area contributed by atoms with Gasteiger partial charge in [-0.15, -0.1) is 0 Å². The molecule has 0 aliphatic carbocycles. The van der Waals surface area contributed by atoms with E-state index in [4.69, 9.17) is 15.5 Å². The van der Waals surface area contributed by atoms with Crippen molar-refractivity contribution in [3.05, 3.63) is 30.1 Å². The van der Waals surface area contributed by atoms with Crippen LogP contribution in [0, 0.1) is 5.92 Å². The quantitative estimate of drug-likeness (QED) is 0.900. The summed E-state index contributed by atoms with van der Waals surface area (Å²) in [7, 11) is 1.67. The van der Waals surface area contributed by atoms with Crippen LogP contribution in [0.15, 0.2) is 24.3 Å². The Hall–Kier alpha value is -1.97. The normalized spacial score (nSPS) is 18.1. The summed E-state index contributed by atoms with van der Waals surface area (Å²) in [6.07, 6.45) is 2.18. The first kappa shape index (κ1) is 12.1. The fourth-order valence-corrected chi connectivity index (χ4v) is 2.73. The maximum atomic E-state index is 6.29. The number of aromatic nitrogens is 2. The predicted octanol–water partition coefficient (Wildman–Crippen LogP) is 2.72. The fourth-order valence-electron chi connectivity index (χ4n) is 2.73. The Balaban J connectivity index is 2.11. The molecule has 1 aromatic heterocycles. The van der Waals surface area contributed by atoms with Crippen LogP contribution in [-0.2, 0) is 13.0 Å².